The number of halogens is 1. The Kier molecular flexibility index (Phi) is 5.14. The summed E-state index contributed by atoms with van der Waals surface area (Å²) in [5, 5.41) is 8.02. The number of nitrogens with zero attached hydrogens (tertiary/aromatic N) is 3. The maximum Gasteiger partial charge on any atom is 0.190 e. The average Bonchev–Trinajstić information content (AvgIpc) is 2.78. The second-order valence-corrected chi connectivity index (χ2v) is 6.00. The fourth-order valence-electron chi connectivity index (χ4n) is 1.77. The van der Waals surface area contributed by atoms with Gasteiger partial charge in [-0.25, -0.2) is 14.1 Å². The minimum atomic E-state index is -0.221. The smallest absolute Gasteiger partial charge is 0.190 e. The van der Waals surface area contributed by atoms with Crippen molar-refractivity contribution in [2.75, 3.05) is 6.54 Å². The summed E-state index contributed by atoms with van der Waals surface area (Å²) in [5.74, 6) is 0.347. The molecule has 20 heavy (non-hydrogen) atoms. The molecule has 2 rings (SSSR count). The summed E-state index contributed by atoms with van der Waals surface area (Å²) >= 11 is 1.31. The predicted molar refractivity (Wildman–Crippen MR) is 78.1 cm³/mol. The van der Waals surface area contributed by atoms with E-state index in [1.807, 2.05) is 6.07 Å². The number of aromatic nitrogens is 3. The molecule has 0 bridgehead atoms. The third kappa shape index (κ3) is 3.80. The van der Waals surface area contributed by atoms with Crippen molar-refractivity contribution < 1.29 is 4.39 Å². The summed E-state index contributed by atoms with van der Waals surface area (Å²) in [6, 6.07) is 5.15. The Bertz CT molecular complexity index is 568. The summed E-state index contributed by atoms with van der Waals surface area (Å²) in [6.07, 6.45) is 1.47. The lowest BCUT2D eigenvalue weighted by atomic mass is 10.2. The van der Waals surface area contributed by atoms with Crippen LogP contribution in [0.3, 0.4) is 0 Å². The van der Waals surface area contributed by atoms with Gasteiger partial charge in [-0.15, -0.1) is 0 Å². The number of benzene rings is 1. The molecule has 0 aliphatic heterocycles. The van der Waals surface area contributed by atoms with E-state index in [4.69, 9.17) is 0 Å². The van der Waals surface area contributed by atoms with Crippen molar-refractivity contribution >= 4 is 11.8 Å². The first-order chi connectivity index (χ1) is 9.58. The monoisotopic (exact) mass is 294 g/mol. The van der Waals surface area contributed by atoms with Gasteiger partial charge in [0.05, 0.1) is 4.90 Å². The van der Waals surface area contributed by atoms with Crippen LogP contribution in [-0.2, 0) is 13.6 Å². The second-order valence-electron chi connectivity index (χ2n) is 5.02. The molecule has 1 aromatic heterocycles. The highest BCUT2D eigenvalue weighted by molar-refractivity contribution is 7.99. The van der Waals surface area contributed by atoms with E-state index in [0.717, 1.165) is 12.1 Å². The zero-order chi connectivity index (χ0) is 14.5. The molecule has 1 heterocycles. The van der Waals surface area contributed by atoms with Crippen molar-refractivity contribution in [2.24, 2.45) is 13.0 Å². The molecule has 0 atom stereocenters. The van der Waals surface area contributed by atoms with Gasteiger partial charge in [-0.05, 0) is 35.9 Å². The van der Waals surface area contributed by atoms with Crippen molar-refractivity contribution in [3.05, 3.63) is 35.9 Å². The molecule has 1 aromatic carbocycles. The lowest BCUT2D eigenvalue weighted by Gasteiger charge is -2.12. The Morgan fingerprint density at radius 2 is 2.20 bits per heavy atom. The van der Waals surface area contributed by atoms with E-state index in [0.29, 0.717) is 22.5 Å². The van der Waals surface area contributed by atoms with Crippen LogP contribution in [0.25, 0.3) is 0 Å². The number of hydrogen-bond donors (Lipinski definition) is 1. The standard InChI is InChI=1S/C14H19FN4S/c1-10(2)7-16-8-11-5-4-6-12(15)13(11)20-14-17-9-18-19(14)3/h4-6,9-10,16H,7-8H2,1-3H3. The summed E-state index contributed by atoms with van der Waals surface area (Å²) in [6.45, 7) is 5.85. The van der Waals surface area contributed by atoms with Crippen molar-refractivity contribution in [2.45, 2.75) is 30.4 Å². The van der Waals surface area contributed by atoms with E-state index >= 15 is 0 Å². The summed E-state index contributed by atoms with van der Waals surface area (Å²) in [4.78, 5) is 4.74. The van der Waals surface area contributed by atoms with Crippen LogP contribution in [0, 0.1) is 11.7 Å². The zero-order valence-electron chi connectivity index (χ0n) is 11.9. The Labute approximate surface area is 122 Å². The maximum atomic E-state index is 14.1. The molecule has 0 saturated carbocycles. The average molecular weight is 294 g/mol. The number of nitrogens with one attached hydrogen (secondary N) is 1. The topological polar surface area (TPSA) is 42.7 Å². The normalized spacial score (nSPS) is 11.2. The number of hydrogen-bond acceptors (Lipinski definition) is 4. The quantitative estimate of drug-likeness (QED) is 0.889. The Balaban J connectivity index is 2.16. The minimum absolute atomic E-state index is 0.221. The van der Waals surface area contributed by atoms with Crippen molar-refractivity contribution in [3.63, 3.8) is 0 Å². The van der Waals surface area contributed by atoms with E-state index in [-0.39, 0.29) is 5.82 Å². The third-order valence-electron chi connectivity index (χ3n) is 2.78. The SMILES string of the molecule is CC(C)CNCc1cccc(F)c1Sc1ncnn1C. The molecule has 0 fully saturated rings. The lowest BCUT2D eigenvalue weighted by Crippen LogP contribution is -2.19. The summed E-state index contributed by atoms with van der Waals surface area (Å²) in [7, 11) is 1.80. The van der Waals surface area contributed by atoms with Crippen LogP contribution in [0.4, 0.5) is 4.39 Å². The van der Waals surface area contributed by atoms with Gasteiger partial charge < -0.3 is 5.32 Å². The van der Waals surface area contributed by atoms with Crippen LogP contribution >= 0.6 is 11.8 Å². The predicted octanol–water partition coefficient (Wildman–Crippen LogP) is 2.85. The van der Waals surface area contributed by atoms with Gasteiger partial charge in [-0.2, -0.15) is 5.10 Å². The highest BCUT2D eigenvalue weighted by atomic mass is 32.2. The maximum absolute atomic E-state index is 14.1. The first kappa shape index (κ1) is 15.0. The van der Waals surface area contributed by atoms with Crippen LogP contribution in [0.1, 0.15) is 19.4 Å². The molecule has 0 radical (unpaired) electrons. The van der Waals surface area contributed by atoms with E-state index in [1.165, 1.54) is 24.2 Å². The second kappa shape index (κ2) is 6.85. The van der Waals surface area contributed by atoms with Gasteiger partial charge in [0.1, 0.15) is 12.1 Å². The Morgan fingerprint density at radius 3 is 2.85 bits per heavy atom. The third-order valence-corrected chi connectivity index (χ3v) is 3.99. The van der Waals surface area contributed by atoms with Crippen molar-refractivity contribution in [1.82, 2.24) is 20.1 Å². The molecule has 108 valence electrons. The van der Waals surface area contributed by atoms with E-state index in [1.54, 1.807) is 17.8 Å². The molecule has 0 unspecified atom stereocenters. The van der Waals surface area contributed by atoms with Gasteiger partial charge in [-0.3, -0.25) is 0 Å². The van der Waals surface area contributed by atoms with Crippen LogP contribution in [0.15, 0.2) is 34.6 Å². The van der Waals surface area contributed by atoms with Gasteiger partial charge >= 0.3 is 0 Å². The first-order valence-electron chi connectivity index (χ1n) is 6.58. The molecule has 0 amide bonds. The summed E-state index contributed by atoms with van der Waals surface area (Å²) in [5.41, 5.74) is 0.943. The van der Waals surface area contributed by atoms with E-state index in [9.17, 15) is 4.39 Å². The summed E-state index contributed by atoms with van der Waals surface area (Å²) < 4.78 is 15.7. The van der Waals surface area contributed by atoms with E-state index < -0.39 is 0 Å². The Morgan fingerprint density at radius 1 is 1.40 bits per heavy atom. The number of rotatable bonds is 6. The Hall–Kier alpha value is -1.40. The molecule has 6 heteroatoms. The van der Waals surface area contributed by atoms with Gasteiger partial charge in [0.2, 0.25) is 0 Å². The van der Waals surface area contributed by atoms with Crippen LogP contribution in [0.5, 0.6) is 0 Å². The van der Waals surface area contributed by atoms with Crippen molar-refractivity contribution in [3.8, 4) is 0 Å². The molecule has 2 aromatic rings. The van der Waals surface area contributed by atoms with Gasteiger partial charge in [0.15, 0.2) is 5.16 Å². The minimum Gasteiger partial charge on any atom is -0.312 e. The molecular formula is C14H19FN4S. The first-order valence-corrected chi connectivity index (χ1v) is 7.39. The molecular weight excluding hydrogens is 275 g/mol. The van der Waals surface area contributed by atoms with Crippen LogP contribution < -0.4 is 5.32 Å². The molecule has 0 spiro atoms. The van der Waals surface area contributed by atoms with Crippen molar-refractivity contribution in [1.29, 1.82) is 0 Å². The van der Waals surface area contributed by atoms with E-state index in [2.05, 4.69) is 29.2 Å². The number of aryl methyl sites for hydroxylation is 1. The van der Waals surface area contributed by atoms with Crippen LogP contribution in [0.2, 0.25) is 0 Å². The van der Waals surface area contributed by atoms with Gasteiger partial charge in [-0.1, -0.05) is 26.0 Å². The fourth-order valence-corrected chi connectivity index (χ4v) is 2.67. The molecule has 0 aliphatic carbocycles. The lowest BCUT2D eigenvalue weighted by molar-refractivity contribution is 0.542. The molecule has 0 aliphatic rings. The van der Waals surface area contributed by atoms with Crippen LogP contribution in [-0.4, -0.2) is 21.3 Å². The largest absolute Gasteiger partial charge is 0.312 e. The highest BCUT2D eigenvalue weighted by Crippen LogP contribution is 2.31. The molecule has 0 saturated heterocycles. The molecule has 1 N–H and O–H groups in total. The zero-order valence-corrected chi connectivity index (χ0v) is 12.7. The fraction of sp³-hybridized carbons (Fsp3) is 0.429. The van der Waals surface area contributed by atoms with Gasteiger partial charge in [0.25, 0.3) is 0 Å². The highest BCUT2D eigenvalue weighted by Gasteiger charge is 2.13. The molecule has 4 nitrogen and oxygen atoms in total. The van der Waals surface area contributed by atoms with Gasteiger partial charge in [0, 0.05) is 13.6 Å².